The van der Waals surface area contributed by atoms with Gasteiger partial charge in [0.25, 0.3) is 0 Å². The number of nitrogens with zero attached hydrogens (tertiary/aromatic N) is 2. The Bertz CT molecular complexity index is 299. The van der Waals surface area contributed by atoms with Crippen LogP contribution in [0.15, 0.2) is 4.52 Å². The van der Waals surface area contributed by atoms with Crippen molar-refractivity contribution in [2.75, 3.05) is 0 Å². The van der Waals surface area contributed by atoms with Gasteiger partial charge in [-0.2, -0.15) is 4.98 Å². The number of nitrogens with two attached hydrogens (primary N) is 1. The predicted octanol–water partition coefficient (Wildman–Crippen LogP) is 2.02. The van der Waals surface area contributed by atoms with Gasteiger partial charge in [0, 0.05) is 5.41 Å². The molecule has 2 N–H and O–H groups in total. The van der Waals surface area contributed by atoms with Crippen molar-refractivity contribution in [3.63, 3.8) is 0 Å². The predicted molar refractivity (Wildman–Crippen MR) is 54.8 cm³/mol. The van der Waals surface area contributed by atoms with Crippen LogP contribution < -0.4 is 5.73 Å². The lowest BCUT2D eigenvalue weighted by molar-refractivity contribution is 0.318. The lowest BCUT2D eigenvalue weighted by Gasteiger charge is -2.12. The zero-order valence-corrected chi connectivity index (χ0v) is 9.53. The summed E-state index contributed by atoms with van der Waals surface area (Å²) in [7, 11) is 0. The van der Waals surface area contributed by atoms with E-state index < -0.39 is 0 Å². The van der Waals surface area contributed by atoms with E-state index in [4.69, 9.17) is 10.3 Å². The lowest BCUT2D eigenvalue weighted by atomic mass is 9.96. The summed E-state index contributed by atoms with van der Waals surface area (Å²) in [5.41, 5.74) is 5.81. The number of hydrogen-bond donors (Lipinski definition) is 1. The van der Waals surface area contributed by atoms with E-state index in [0.29, 0.717) is 17.6 Å². The van der Waals surface area contributed by atoms with E-state index in [0.717, 1.165) is 0 Å². The summed E-state index contributed by atoms with van der Waals surface area (Å²) in [5, 5.41) is 3.92. The number of hydrogen-bond acceptors (Lipinski definition) is 4. The minimum absolute atomic E-state index is 0.0849. The molecule has 4 nitrogen and oxygen atoms in total. The van der Waals surface area contributed by atoms with Crippen LogP contribution in [0.25, 0.3) is 0 Å². The molecular weight excluding hydrogens is 178 g/mol. The lowest BCUT2D eigenvalue weighted by Crippen LogP contribution is -2.18. The first kappa shape index (κ1) is 11.2. The molecule has 0 unspecified atom stereocenters. The Balaban J connectivity index is 2.89. The molecule has 80 valence electrons. The molecule has 0 fully saturated rings. The quantitative estimate of drug-likeness (QED) is 0.787. The minimum atomic E-state index is -0.168. The molecule has 0 saturated heterocycles. The summed E-state index contributed by atoms with van der Waals surface area (Å²) in [6, 6.07) is -0.168. The van der Waals surface area contributed by atoms with Gasteiger partial charge in [-0.15, -0.1) is 0 Å². The maximum absolute atomic E-state index is 5.90. The zero-order valence-electron chi connectivity index (χ0n) is 9.53. The van der Waals surface area contributed by atoms with Crippen LogP contribution >= 0.6 is 0 Å². The Labute approximate surface area is 84.9 Å². The first-order valence-corrected chi connectivity index (χ1v) is 4.92. The third-order valence-electron chi connectivity index (χ3n) is 2.12. The first-order valence-electron chi connectivity index (χ1n) is 4.92. The van der Waals surface area contributed by atoms with Gasteiger partial charge in [0.2, 0.25) is 5.89 Å². The average molecular weight is 197 g/mol. The highest BCUT2D eigenvalue weighted by Crippen LogP contribution is 2.22. The highest BCUT2D eigenvalue weighted by Gasteiger charge is 2.24. The first-order chi connectivity index (χ1) is 6.32. The standard InChI is InChI=1S/C10H19N3O/c1-6(2)7(11)8-12-9(13-14-8)10(3,4)5/h6-7H,11H2,1-5H3/t7-/m0/s1. The molecule has 0 aliphatic rings. The third kappa shape index (κ3) is 2.32. The van der Waals surface area contributed by atoms with Gasteiger partial charge in [0.1, 0.15) is 0 Å². The average Bonchev–Trinajstić information content (AvgIpc) is 2.49. The molecule has 0 aliphatic heterocycles. The van der Waals surface area contributed by atoms with Crippen LogP contribution in [0.4, 0.5) is 0 Å². The molecular formula is C10H19N3O. The zero-order chi connectivity index (χ0) is 10.9. The van der Waals surface area contributed by atoms with Crippen LogP contribution in [0.5, 0.6) is 0 Å². The largest absolute Gasteiger partial charge is 0.338 e. The van der Waals surface area contributed by atoms with E-state index in [9.17, 15) is 0 Å². The SMILES string of the molecule is CC(C)[C@H](N)c1nc(C(C)(C)C)no1. The molecule has 1 heterocycles. The fourth-order valence-electron chi connectivity index (χ4n) is 0.960. The fourth-order valence-corrected chi connectivity index (χ4v) is 0.960. The van der Waals surface area contributed by atoms with Crippen molar-refractivity contribution in [2.24, 2.45) is 11.7 Å². The molecule has 1 rings (SSSR count). The summed E-state index contributed by atoms with van der Waals surface area (Å²) in [4.78, 5) is 4.30. The van der Waals surface area contributed by atoms with Gasteiger partial charge in [0.15, 0.2) is 5.82 Å². The molecule has 14 heavy (non-hydrogen) atoms. The van der Waals surface area contributed by atoms with Crippen molar-refractivity contribution >= 4 is 0 Å². The monoisotopic (exact) mass is 197 g/mol. The van der Waals surface area contributed by atoms with Gasteiger partial charge in [-0.1, -0.05) is 39.8 Å². The highest BCUT2D eigenvalue weighted by molar-refractivity contribution is 5.02. The topological polar surface area (TPSA) is 64.9 Å². The molecule has 0 aromatic carbocycles. The second-order valence-electron chi connectivity index (χ2n) is 4.98. The molecule has 0 bridgehead atoms. The van der Waals surface area contributed by atoms with Gasteiger partial charge in [-0.05, 0) is 5.92 Å². The normalized spacial score (nSPS) is 14.8. The van der Waals surface area contributed by atoms with Crippen LogP contribution in [-0.4, -0.2) is 10.1 Å². The van der Waals surface area contributed by atoms with Crippen LogP contribution in [0.2, 0.25) is 0 Å². The Morgan fingerprint density at radius 2 is 1.86 bits per heavy atom. The second-order valence-corrected chi connectivity index (χ2v) is 4.98. The molecule has 1 aromatic rings. The maximum atomic E-state index is 5.90. The van der Waals surface area contributed by atoms with Crippen LogP contribution in [0.1, 0.15) is 52.4 Å². The van der Waals surface area contributed by atoms with E-state index in [1.165, 1.54) is 0 Å². The molecule has 1 aromatic heterocycles. The minimum Gasteiger partial charge on any atom is -0.338 e. The van der Waals surface area contributed by atoms with Crippen molar-refractivity contribution < 1.29 is 4.52 Å². The summed E-state index contributed by atoms with van der Waals surface area (Å²) in [5.74, 6) is 1.55. The second kappa shape index (κ2) is 3.69. The third-order valence-corrected chi connectivity index (χ3v) is 2.12. The molecule has 0 amide bonds. The Morgan fingerprint density at radius 1 is 1.29 bits per heavy atom. The molecule has 0 aliphatic carbocycles. The summed E-state index contributed by atoms with van der Waals surface area (Å²) >= 11 is 0. The van der Waals surface area contributed by atoms with E-state index in [2.05, 4.69) is 10.1 Å². The van der Waals surface area contributed by atoms with E-state index in [1.807, 2.05) is 34.6 Å². The summed E-state index contributed by atoms with van der Waals surface area (Å²) < 4.78 is 5.13. The van der Waals surface area contributed by atoms with Gasteiger partial charge >= 0.3 is 0 Å². The van der Waals surface area contributed by atoms with Gasteiger partial charge < -0.3 is 10.3 Å². The fraction of sp³-hybridized carbons (Fsp3) is 0.800. The van der Waals surface area contributed by atoms with Gasteiger partial charge in [-0.25, -0.2) is 0 Å². The van der Waals surface area contributed by atoms with E-state index >= 15 is 0 Å². The number of aromatic nitrogens is 2. The van der Waals surface area contributed by atoms with Crippen molar-refractivity contribution in [1.82, 2.24) is 10.1 Å². The van der Waals surface area contributed by atoms with E-state index in [-0.39, 0.29) is 11.5 Å². The Hall–Kier alpha value is -0.900. The van der Waals surface area contributed by atoms with Crippen molar-refractivity contribution in [3.8, 4) is 0 Å². The van der Waals surface area contributed by atoms with Crippen LogP contribution in [0, 0.1) is 5.92 Å². The highest BCUT2D eigenvalue weighted by atomic mass is 16.5. The van der Waals surface area contributed by atoms with Crippen LogP contribution in [0.3, 0.4) is 0 Å². The Morgan fingerprint density at radius 3 is 2.21 bits per heavy atom. The van der Waals surface area contributed by atoms with Gasteiger partial charge in [0.05, 0.1) is 6.04 Å². The summed E-state index contributed by atoms with van der Waals surface area (Å²) in [6.45, 7) is 10.2. The Kier molecular flexibility index (Phi) is 2.95. The molecule has 1 atom stereocenters. The van der Waals surface area contributed by atoms with E-state index in [1.54, 1.807) is 0 Å². The van der Waals surface area contributed by atoms with Crippen molar-refractivity contribution in [1.29, 1.82) is 0 Å². The molecule has 0 saturated carbocycles. The van der Waals surface area contributed by atoms with Crippen LogP contribution in [-0.2, 0) is 5.41 Å². The van der Waals surface area contributed by atoms with Crippen molar-refractivity contribution in [3.05, 3.63) is 11.7 Å². The molecule has 4 heteroatoms. The smallest absolute Gasteiger partial charge is 0.243 e. The maximum Gasteiger partial charge on any atom is 0.243 e. The van der Waals surface area contributed by atoms with Gasteiger partial charge in [-0.3, -0.25) is 0 Å². The number of rotatable bonds is 2. The molecule has 0 radical (unpaired) electrons. The summed E-state index contributed by atoms with van der Waals surface area (Å²) in [6.07, 6.45) is 0. The molecule has 0 spiro atoms. The van der Waals surface area contributed by atoms with Crippen molar-refractivity contribution in [2.45, 2.75) is 46.1 Å².